The van der Waals surface area contributed by atoms with E-state index in [-0.39, 0.29) is 5.91 Å². The summed E-state index contributed by atoms with van der Waals surface area (Å²) in [6.45, 7) is 5.79. The number of carbonyl (C=O) groups excluding carboxylic acids is 1. The summed E-state index contributed by atoms with van der Waals surface area (Å²) in [6, 6.07) is 7.74. The van der Waals surface area contributed by atoms with Crippen LogP contribution in [0, 0.1) is 0 Å². The number of para-hydroxylation sites is 1. The fraction of sp³-hybridized carbons (Fsp3) is 0.474. The predicted octanol–water partition coefficient (Wildman–Crippen LogP) is 4.57. The molecule has 1 aliphatic rings. The second-order valence-electron chi connectivity index (χ2n) is 5.68. The summed E-state index contributed by atoms with van der Waals surface area (Å²) in [5.74, 6) is 0.824. The average Bonchev–Trinajstić information content (AvgIpc) is 2.89. The van der Waals surface area contributed by atoms with Crippen LogP contribution in [-0.2, 0) is 4.79 Å². The van der Waals surface area contributed by atoms with Crippen LogP contribution < -0.4 is 4.74 Å². The molecule has 0 atom stereocenters. The molecule has 1 aliphatic heterocycles. The largest absolute Gasteiger partial charge is 0.496 e. The van der Waals surface area contributed by atoms with Gasteiger partial charge in [0.1, 0.15) is 5.75 Å². The Kier molecular flexibility index (Phi) is 7.37. The molecule has 4 nitrogen and oxygen atoms in total. The Morgan fingerprint density at radius 3 is 2.67 bits per heavy atom. The van der Waals surface area contributed by atoms with E-state index >= 15 is 0 Å². The predicted molar refractivity (Wildman–Crippen MR) is 102 cm³/mol. The van der Waals surface area contributed by atoms with Gasteiger partial charge in [-0.25, -0.2) is 0 Å². The number of nitrogens with zero attached hydrogens (tertiary/aromatic N) is 2. The molecule has 1 fully saturated rings. The van der Waals surface area contributed by atoms with E-state index in [1.54, 1.807) is 7.11 Å². The van der Waals surface area contributed by atoms with E-state index in [2.05, 4.69) is 18.8 Å². The Hall–Kier alpha value is -1.75. The standard InChI is InChI=1S/C19H26N2O2S/c1-4-6-12-20-19-21(13-7-5-2)18(22)17(24-19)14-15-10-8-9-11-16(15)23-3/h8-11,14H,4-7,12-13H2,1-3H3. The van der Waals surface area contributed by atoms with E-state index < -0.39 is 0 Å². The number of benzene rings is 1. The summed E-state index contributed by atoms with van der Waals surface area (Å²) < 4.78 is 5.38. The van der Waals surface area contributed by atoms with Gasteiger partial charge in [0, 0.05) is 18.7 Å². The first-order valence-electron chi connectivity index (χ1n) is 8.60. The Morgan fingerprint density at radius 1 is 1.21 bits per heavy atom. The van der Waals surface area contributed by atoms with Gasteiger partial charge in [-0.05, 0) is 36.7 Å². The number of amides is 1. The van der Waals surface area contributed by atoms with Crippen molar-refractivity contribution in [1.29, 1.82) is 0 Å². The lowest BCUT2D eigenvalue weighted by Crippen LogP contribution is -2.30. The summed E-state index contributed by atoms with van der Waals surface area (Å²) in [6.07, 6.45) is 6.11. The van der Waals surface area contributed by atoms with Gasteiger partial charge >= 0.3 is 0 Å². The Labute approximate surface area is 149 Å². The zero-order valence-electron chi connectivity index (χ0n) is 14.7. The first-order valence-corrected chi connectivity index (χ1v) is 9.41. The van der Waals surface area contributed by atoms with Crippen LogP contribution in [0.5, 0.6) is 5.75 Å². The molecule has 1 aromatic rings. The van der Waals surface area contributed by atoms with Gasteiger partial charge in [-0.2, -0.15) is 0 Å². The van der Waals surface area contributed by atoms with Crippen molar-refractivity contribution in [2.75, 3.05) is 20.2 Å². The molecule has 0 aliphatic carbocycles. The number of thioether (sulfide) groups is 1. The van der Waals surface area contributed by atoms with Gasteiger partial charge in [-0.1, -0.05) is 44.9 Å². The molecule has 0 aromatic heterocycles. The third-order valence-electron chi connectivity index (χ3n) is 3.81. The van der Waals surface area contributed by atoms with Gasteiger partial charge in [0.05, 0.1) is 12.0 Å². The van der Waals surface area contributed by atoms with E-state index in [0.29, 0.717) is 4.91 Å². The van der Waals surface area contributed by atoms with Crippen LogP contribution in [-0.4, -0.2) is 36.2 Å². The first-order chi connectivity index (χ1) is 11.7. The summed E-state index contributed by atoms with van der Waals surface area (Å²) in [5.41, 5.74) is 0.918. The van der Waals surface area contributed by atoms with Gasteiger partial charge in [0.15, 0.2) is 5.17 Å². The average molecular weight is 346 g/mol. The SMILES string of the molecule is CCCCN=C1SC(=Cc2ccccc2OC)C(=O)N1CCCC. The molecule has 0 bridgehead atoms. The number of hydrogen-bond acceptors (Lipinski definition) is 4. The van der Waals surface area contributed by atoms with Crippen LogP contribution in [0.15, 0.2) is 34.2 Å². The summed E-state index contributed by atoms with van der Waals surface area (Å²) in [5, 5.41) is 0.836. The lowest BCUT2D eigenvalue weighted by atomic mass is 10.2. The molecule has 24 heavy (non-hydrogen) atoms. The Balaban J connectivity index is 2.26. The minimum Gasteiger partial charge on any atom is -0.496 e. The van der Waals surface area contributed by atoms with Crippen molar-refractivity contribution in [2.24, 2.45) is 4.99 Å². The van der Waals surface area contributed by atoms with Crippen molar-refractivity contribution >= 4 is 28.9 Å². The van der Waals surface area contributed by atoms with Crippen molar-refractivity contribution in [1.82, 2.24) is 4.90 Å². The number of amidine groups is 1. The van der Waals surface area contributed by atoms with E-state index in [1.165, 1.54) is 11.8 Å². The van der Waals surface area contributed by atoms with Crippen molar-refractivity contribution in [3.63, 3.8) is 0 Å². The maximum absolute atomic E-state index is 12.8. The monoisotopic (exact) mass is 346 g/mol. The highest BCUT2D eigenvalue weighted by atomic mass is 32.2. The molecule has 0 spiro atoms. The molecule has 1 aromatic carbocycles. The van der Waals surface area contributed by atoms with Crippen molar-refractivity contribution in [2.45, 2.75) is 39.5 Å². The Bertz CT molecular complexity index is 626. The molecule has 2 rings (SSSR count). The topological polar surface area (TPSA) is 41.9 Å². The molecule has 0 saturated carbocycles. The normalized spacial score (nSPS) is 18.0. The van der Waals surface area contributed by atoms with E-state index in [0.717, 1.165) is 55.3 Å². The molecular formula is C19H26N2O2S. The molecule has 5 heteroatoms. The lowest BCUT2D eigenvalue weighted by molar-refractivity contribution is -0.122. The fourth-order valence-electron chi connectivity index (χ4n) is 2.40. The molecule has 0 radical (unpaired) electrons. The first kappa shape index (κ1) is 18.6. The number of rotatable bonds is 8. The smallest absolute Gasteiger partial charge is 0.266 e. The molecule has 130 valence electrons. The highest BCUT2D eigenvalue weighted by Gasteiger charge is 2.32. The van der Waals surface area contributed by atoms with Crippen molar-refractivity contribution in [3.05, 3.63) is 34.7 Å². The molecule has 0 N–H and O–H groups in total. The maximum atomic E-state index is 12.8. The van der Waals surface area contributed by atoms with Gasteiger partial charge in [-0.15, -0.1) is 0 Å². The lowest BCUT2D eigenvalue weighted by Gasteiger charge is -2.14. The number of unbranched alkanes of at least 4 members (excludes halogenated alkanes) is 2. The van der Waals surface area contributed by atoms with Gasteiger partial charge in [0.2, 0.25) is 0 Å². The van der Waals surface area contributed by atoms with Crippen LogP contribution in [0.3, 0.4) is 0 Å². The van der Waals surface area contributed by atoms with Crippen LogP contribution >= 0.6 is 11.8 Å². The van der Waals surface area contributed by atoms with E-state index in [4.69, 9.17) is 4.74 Å². The van der Waals surface area contributed by atoms with Crippen LogP contribution in [0.4, 0.5) is 0 Å². The summed E-state index contributed by atoms with van der Waals surface area (Å²) in [4.78, 5) is 20.0. The Morgan fingerprint density at radius 2 is 1.96 bits per heavy atom. The van der Waals surface area contributed by atoms with Crippen molar-refractivity contribution < 1.29 is 9.53 Å². The highest BCUT2D eigenvalue weighted by molar-refractivity contribution is 8.18. The van der Waals surface area contributed by atoms with Crippen molar-refractivity contribution in [3.8, 4) is 5.75 Å². The second kappa shape index (κ2) is 9.52. The van der Waals surface area contributed by atoms with Gasteiger partial charge in [-0.3, -0.25) is 14.7 Å². The molecule has 0 unspecified atom stereocenters. The number of aliphatic imine (C=N–C) groups is 1. The van der Waals surface area contributed by atoms with Gasteiger partial charge in [0.25, 0.3) is 5.91 Å². The number of ether oxygens (including phenoxy) is 1. The highest BCUT2D eigenvalue weighted by Crippen LogP contribution is 2.34. The fourth-order valence-corrected chi connectivity index (χ4v) is 3.42. The molecule has 1 saturated heterocycles. The third kappa shape index (κ3) is 4.63. The van der Waals surface area contributed by atoms with Gasteiger partial charge < -0.3 is 4.74 Å². The number of hydrogen-bond donors (Lipinski definition) is 0. The second-order valence-corrected chi connectivity index (χ2v) is 6.69. The quantitative estimate of drug-likeness (QED) is 0.511. The summed E-state index contributed by atoms with van der Waals surface area (Å²) >= 11 is 1.47. The molecular weight excluding hydrogens is 320 g/mol. The minimum absolute atomic E-state index is 0.0506. The zero-order valence-corrected chi connectivity index (χ0v) is 15.6. The summed E-state index contributed by atoms with van der Waals surface area (Å²) in [7, 11) is 1.64. The molecule has 1 heterocycles. The van der Waals surface area contributed by atoms with Crippen LogP contribution in [0.25, 0.3) is 6.08 Å². The van der Waals surface area contributed by atoms with E-state index in [1.807, 2.05) is 35.2 Å². The zero-order chi connectivity index (χ0) is 17.4. The maximum Gasteiger partial charge on any atom is 0.266 e. The van der Waals surface area contributed by atoms with Crippen LogP contribution in [0.1, 0.15) is 45.1 Å². The third-order valence-corrected chi connectivity index (χ3v) is 4.85. The number of methoxy groups -OCH3 is 1. The number of carbonyl (C=O) groups is 1. The molecule has 1 amide bonds. The van der Waals surface area contributed by atoms with Crippen LogP contribution in [0.2, 0.25) is 0 Å². The van der Waals surface area contributed by atoms with E-state index in [9.17, 15) is 4.79 Å². The minimum atomic E-state index is 0.0506.